The van der Waals surface area contributed by atoms with Gasteiger partial charge in [-0.25, -0.2) is 19.7 Å². The SMILES string of the molecule is CN1CC(F)(F)C[C@H]1COc1nc(N)c2c(n1)CN(c1cccc3cccc(Cl)c13)CC2.[C-]#[N+]C[C@@H](C)N(CC)C(=O)/C=C/CN1CC(F)C1. The van der Waals surface area contributed by atoms with Gasteiger partial charge in [0, 0.05) is 67.9 Å². The van der Waals surface area contributed by atoms with Crippen LogP contribution in [-0.4, -0.2) is 114 Å². The van der Waals surface area contributed by atoms with Crippen molar-refractivity contribution in [3.8, 4) is 6.01 Å². The van der Waals surface area contributed by atoms with Crippen LogP contribution in [-0.2, 0) is 17.8 Å². The first kappa shape index (κ1) is 37.1. The third kappa shape index (κ3) is 8.96. The van der Waals surface area contributed by atoms with Crippen molar-refractivity contribution in [3.63, 3.8) is 0 Å². The average molecular weight is 713 g/mol. The van der Waals surface area contributed by atoms with Crippen molar-refractivity contribution in [1.29, 1.82) is 0 Å². The fraction of sp³-hybridized carbons (Fsp3) is 0.500. The van der Waals surface area contributed by atoms with E-state index >= 15 is 0 Å². The quantitative estimate of drug-likeness (QED) is 0.218. The second kappa shape index (κ2) is 16.3. The molecule has 4 heterocycles. The molecule has 1 aromatic heterocycles. The monoisotopic (exact) mass is 712 g/mol. The van der Waals surface area contributed by atoms with Crippen molar-refractivity contribution in [2.24, 2.45) is 0 Å². The van der Waals surface area contributed by atoms with E-state index in [-0.39, 0.29) is 43.6 Å². The third-order valence-electron chi connectivity index (χ3n) is 9.34. The van der Waals surface area contributed by atoms with Crippen molar-refractivity contribution in [1.82, 2.24) is 24.7 Å². The Morgan fingerprint density at radius 1 is 1.26 bits per heavy atom. The summed E-state index contributed by atoms with van der Waals surface area (Å²) < 4.78 is 45.6. The van der Waals surface area contributed by atoms with Gasteiger partial charge in [-0.2, -0.15) is 9.97 Å². The lowest BCUT2D eigenvalue weighted by molar-refractivity contribution is -0.127. The molecule has 3 aliphatic rings. The lowest BCUT2D eigenvalue weighted by atomic mass is 10.0. The molecule has 2 N–H and O–H groups in total. The standard InChI is InChI=1S/C23H24ClF2N5O.C13H20FN3O/c1-30-13-23(25,26)10-15(30)12-32-22-28-18-11-31(9-8-16(18)21(27)29-22)19-7-3-5-14-4-2-6-17(24)20(14)19;1-4-17(11(2)8-15-3)13(18)6-5-7-16-9-12(14)10-16/h2-7,15H,8-13H2,1H3,(H2,27,28,29);5-6,11-12H,4,7-10H2,1-2H3/b;6-5+/t15-;11-/m01/s1. The van der Waals surface area contributed by atoms with Crippen LogP contribution in [0, 0.1) is 6.57 Å². The van der Waals surface area contributed by atoms with E-state index in [0.717, 1.165) is 34.3 Å². The van der Waals surface area contributed by atoms with Crippen LogP contribution in [0.3, 0.4) is 0 Å². The highest BCUT2D eigenvalue weighted by Crippen LogP contribution is 2.36. The number of carbonyl (C=O) groups excluding carboxylic acids is 1. The molecule has 50 heavy (non-hydrogen) atoms. The maximum atomic E-state index is 13.6. The van der Waals surface area contributed by atoms with E-state index in [0.29, 0.717) is 56.5 Å². The minimum atomic E-state index is -2.70. The van der Waals surface area contributed by atoms with E-state index < -0.39 is 12.1 Å². The summed E-state index contributed by atoms with van der Waals surface area (Å²) in [5.74, 6) is -2.39. The highest BCUT2D eigenvalue weighted by Gasteiger charge is 2.43. The van der Waals surface area contributed by atoms with Crippen LogP contribution >= 0.6 is 11.6 Å². The van der Waals surface area contributed by atoms with Gasteiger partial charge in [-0.3, -0.25) is 14.6 Å². The Bertz CT molecular complexity index is 1730. The number of carbonyl (C=O) groups is 1. The van der Waals surface area contributed by atoms with E-state index in [4.69, 9.17) is 28.6 Å². The first-order valence-corrected chi connectivity index (χ1v) is 17.2. The first-order valence-electron chi connectivity index (χ1n) is 16.8. The predicted molar refractivity (Wildman–Crippen MR) is 190 cm³/mol. The molecule has 14 heteroatoms. The van der Waals surface area contributed by atoms with Crippen LogP contribution < -0.4 is 15.4 Å². The van der Waals surface area contributed by atoms with Crippen LogP contribution in [0.2, 0.25) is 5.02 Å². The number of aromatic nitrogens is 2. The van der Waals surface area contributed by atoms with Gasteiger partial charge in [0.05, 0.1) is 23.8 Å². The van der Waals surface area contributed by atoms with E-state index in [1.54, 1.807) is 22.9 Å². The summed E-state index contributed by atoms with van der Waals surface area (Å²) >= 11 is 6.52. The number of halogens is 4. The number of ether oxygens (including phenoxy) is 1. The van der Waals surface area contributed by atoms with Crippen molar-refractivity contribution in [2.45, 2.75) is 57.4 Å². The smallest absolute Gasteiger partial charge is 0.318 e. The number of benzene rings is 2. The molecule has 6 rings (SSSR count). The molecule has 3 aromatic rings. The number of rotatable bonds is 10. The number of amides is 1. The summed E-state index contributed by atoms with van der Waals surface area (Å²) in [6.45, 7) is 14.1. The summed E-state index contributed by atoms with van der Waals surface area (Å²) in [4.78, 5) is 31.5. The number of hydrogen-bond donors (Lipinski definition) is 1. The Morgan fingerprint density at radius 3 is 2.66 bits per heavy atom. The van der Waals surface area contributed by atoms with Crippen LogP contribution in [0.15, 0.2) is 48.6 Å². The molecule has 2 atom stereocenters. The number of likely N-dealkylation sites (N-methyl/N-ethyl adjacent to an activating group) is 2. The second-order valence-corrected chi connectivity index (χ2v) is 13.5. The van der Waals surface area contributed by atoms with E-state index in [9.17, 15) is 18.0 Å². The van der Waals surface area contributed by atoms with Crippen molar-refractivity contribution in [3.05, 3.63) is 76.2 Å². The summed E-state index contributed by atoms with van der Waals surface area (Å²) in [6.07, 6.45) is 3.04. The summed E-state index contributed by atoms with van der Waals surface area (Å²) in [5.41, 5.74) is 8.92. The number of likely N-dealkylation sites (tertiary alicyclic amines) is 2. The van der Waals surface area contributed by atoms with Crippen LogP contribution in [0.5, 0.6) is 6.01 Å². The highest BCUT2D eigenvalue weighted by atomic mass is 35.5. The maximum Gasteiger partial charge on any atom is 0.318 e. The second-order valence-electron chi connectivity index (χ2n) is 13.1. The van der Waals surface area contributed by atoms with Gasteiger partial charge in [-0.05, 0) is 44.8 Å². The number of anilines is 2. The molecule has 0 bridgehead atoms. The summed E-state index contributed by atoms with van der Waals surface area (Å²) in [7, 11) is 1.67. The lowest BCUT2D eigenvalue weighted by Crippen LogP contribution is -2.48. The Hall–Kier alpha value is -4.12. The zero-order valence-electron chi connectivity index (χ0n) is 28.7. The summed E-state index contributed by atoms with van der Waals surface area (Å²) in [5, 5.41) is 2.78. The fourth-order valence-corrected chi connectivity index (χ4v) is 6.91. The van der Waals surface area contributed by atoms with Gasteiger partial charge in [0.1, 0.15) is 24.6 Å². The highest BCUT2D eigenvalue weighted by molar-refractivity contribution is 6.36. The van der Waals surface area contributed by atoms with Crippen molar-refractivity contribution in [2.75, 3.05) is 70.1 Å². The average Bonchev–Trinajstić information content (AvgIpc) is 3.33. The maximum absolute atomic E-state index is 13.6. The molecule has 0 saturated carbocycles. The van der Waals surface area contributed by atoms with Gasteiger partial charge in [-0.1, -0.05) is 41.9 Å². The largest absolute Gasteiger partial charge is 0.462 e. The van der Waals surface area contributed by atoms with Crippen molar-refractivity contribution < 1.29 is 22.7 Å². The van der Waals surface area contributed by atoms with Gasteiger partial charge >= 0.3 is 6.01 Å². The van der Waals surface area contributed by atoms with Crippen LogP contribution in [0.1, 0.15) is 31.5 Å². The number of nitrogens with two attached hydrogens (primary N) is 1. The Labute approximate surface area is 296 Å². The third-order valence-corrected chi connectivity index (χ3v) is 9.66. The molecule has 0 aliphatic carbocycles. The molecule has 0 radical (unpaired) electrons. The van der Waals surface area contributed by atoms with Gasteiger partial charge in [0.15, 0.2) is 0 Å². The first-order chi connectivity index (χ1) is 23.9. The number of nitrogens with zero attached hydrogens (tertiary/aromatic N) is 7. The fourth-order valence-electron chi connectivity index (χ4n) is 6.63. The number of hydrogen-bond acceptors (Lipinski definition) is 8. The number of nitrogen functional groups attached to an aromatic ring is 1. The summed E-state index contributed by atoms with van der Waals surface area (Å²) in [6, 6.07) is 11.6. The van der Waals surface area contributed by atoms with E-state index in [1.807, 2.05) is 49.1 Å². The zero-order valence-corrected chi connectivity index (χ0v) is 29.4. The number of alkyl halides is 3. The molecule has 0 spiro atoms. The molecule has 0 unspecified atom stereocenters. The lowest BCUT2D eigenvalue weighted by Gasteiger charge is -2.33. The molecule has 2 saturated heterocycles. The Balaban J connectivity index is 0.000000231. The van der Waals surface area contributed by atoms with Crippen LogP contribution in [0.4, 0.5) is 24.7 Å². The normalized spacial score (nSPS) is 19.7. The Morgan fingerprint density at radius 2 is 2.00 bits per heavy atom. The number of fused-ring (bicyclic) bond motifs is 2. The molecular formula is C36H44ClF3N8O2. The molecular weight excluding hydrogens is 669 g/mol. The molecule has 10 nitrogen and oxygen atoms in total. The topological polar surface area (TPSA) is 95.4 Å². The van der Waals surface area contributed by atoms with Crippen LogP contribution in [0.25, 0.3) is 15.6 Å². The van der Waals surface area contributed by atoms with Gasteiger partial charge in [0.25, 0.3) is 5.92 Å². The minimum absolute atomic E-state index is 0.0659. The van der Waals surface area contributed by atoms with Gasteiger partial charge in [0.2, 0.25) is 12.5 Å². The Kier molecular flexibility index (Phi) is 12.1. The molecule has 268 valence electrons. The van der Waals surface area contributed by atoms with E-state index in [1.165, 1.54) is 6.08 Å². The molecule has 2 aromatic carbocycles. The van der Waals surface area contributed by atoms with Gasteiger partial charge < -0.3 is 25.1 Å². The predicted octanol–water partition coefficient (Wildman–Crippen LogP) is 5.50. The van der Waals surface area contributed by atoms with Crippen molar-refractivity contribution >= 4 is 39.8 Å². The van der Waals surface area contributed by atoms with E-state index in [2.05, 4.69) is 25.8 Å². The zero-order chi connectivity index (χ0) is 36.0. The minimum Gasteiger partial charge on any atom is -0.462 e. The molecule has 2 fully saturated rings. The van der Waals surface area contributed by atoms with Gasteiger partial charge in [-0.15, -0.1) is 0 Å². The molecule has 1 amide bonds. The molecule has 3 aliphatic heterocycles.